The van der Waals surface area contributed by atoms with Gasteiger partial charge in [-0.1, -0.05) is 52.0 Å². The van der Waals surface area contributed by atoms with Gasteiger partial charge in [0.1, 0.15) is 0 Å². The Balaban J connectivity index is 1.98. The number of ketones is 2. The number of hydrogen-bond acceptors (Lipinski definition) is 4. The van der Waals surface area contributed by atoms with Gasteiger partial charge in [0.15, 0.2) is 11.6 Å². The summed E-state index contributed by atoms with van der Waals surface area (Å²) >= 11 is 0. The van der Waals surface area contributed by atoms with Crippen molar-refractivity contribution in [2.75, 3.05) is 13.1 Å². The molecule has 0 spiro atoms. The van der Waals surface area contributed by atoms with Crippen LogP contribution in [0.4, 0.5) is 0 Å². The van der Waals surface area contributed by atoms with Gasteiger partial charge in [-0.2, -0.15) is 0 Å². The number of benzene rings is 2. The van der Waals surface area contributed by atoms with E-state index in [1.54, 1.807) is 52.0 Å². The van der Waals surface area contributed by atoms with E-state index in [-0.39, 0.29) is 48.3 Å². The molecule has 0 unspecified atom stereocenters. The smallest absolute Gasteiger partial charge is 0.251 e. The molecule has 2 aromatic rings. The van der Waals surface area contributed by atoms with Gasteiger partial charge in [-0.05, 0) is 35.4 Å². The Bertz CT molecular complexity index is 836. The van der Waals surface area contributed by atoms with E-state index in [0.717, 1.165) is 11.1 Å². The molecule has 0 aliphatic carbocycles. The van der Waals surface area contributed by atoms with E-state index in [9.17, 15) is 19.2 Å². The van der Waals surface area contributed by atoms with Crippen LogP contribution in [0.2, 0.25) is 0 Å². The van der Waals surface area contributed by atoms with Crippen molar-refractivity contribution in [3.63, 3.8) is 0 Å². The maximum atomic E-state index is 12.2. The zero-order valence-corrected chi connectivity index (χ0v) is 17.8. The highest BCUT2D eigenvalue weighted by Crippen LogP contribution is 2.20. The molecule has 6 nitrogen and oxygen atoms in total. The Labute approximate surface area is 177 Å². The van der Waals surface area contributed by atoms with Crippen molar-refractivity contribution < 1.29 is 19.2 Å². The fraction of sp³-hybridized carbons (Fsp3) is 0.333. The lowest BCUT2D eigenvalue weighted by Crippen LogP contribution is -2.31. The molecule has 30 heavy (non-hydrogen) atoms. The van der Waals surface area contributed by atoms with Gasteiger partial charge >= 0.3 is 0 Å². The van der Waals surface area contributed by atoms with E-state index in [1.807, 2.05) is 24.3 Å². The number of nitrogens with one attached hydrogen (secondary N) is 2. The van der Waals surface area contributed by atoms with Crippen molar-refractivity contribution in [2.24, 2.45) is 11.8 Å². The third-order valence-electron chi connectivity index (χ3n) is 4.76. The number of hydrogen-bond donors (Lipinski definition) is 2. The molecule has 0 saturated heterocycles. The van der Waals surface area contributed by atoms with E-state index in [2.05, 4.69) is 10.6 Å². The first-order chi connectivity index (χ1) is 14.2. The summed E-state index contributed by atoms with van der Waals surface area (Å²) in [7, 11) is 0. The Morgan fingerprint density at radius 3 is 1.17 bits per heavy atom. The van der Waals surface area contributed by atoms with E-state index in [1.165, 1.54) is 0 Å². The van der Waals surface area contributed by atoms with Crippen LogP contribution in [-0.4, -0.2) is 36.5 Å². The van der Waals surface area contributed by atoms with E-state index in [0.29, 0.717) is 11.1 Å². The summed E-state index contributed by atoms with van der Waals surface area (Å²) in [5.41, 5.74) is 2.74. The Morgan fingerprint density at radius 2 is 0.900 bits per heavy atom. The van der Waals surface area contributed by atoms with E-state index >= 15 is 0 Å². The molecule has 0 aromatic heterocycles. The first kappa shape index (κ1) is 23.0. The van der Waals surface area contributed by atoms with Crippen LogP contribution in [0.5, 0.6) is 0 Å². The highest BCUT2D eigenvalue weighted by atomic mass is 16.2. The van der Waals surface area contributed by atoms with Crippen molar-refractivity contribution in [3.05, 3.63) is 59.7 Å². The van der Waals surface area contributed by atoms with Gasteiger partial charge in [-0.25, -0.2) is 0 Å². The van der Waals surface area contributed by atoms with E-state index in [4.69, 9.17) is 0 Å². The van der Waals surface area contributed by atoms with Crippen molar-refractivity contribution in [1.82, 2.24) is 10.6 Å². The van der Waals surface area contributed by atoms with Crippen molar-refractivity contribution >= 4 is 23.4 Å². The molecule has 0 heterocycles. The normalized spacial score (nSPS) is 10.7. The van der Waals surface area contributed by atoms with Gasteiger partial charge in [0.2, 0.25) is 0 Å². The lowest BCUT2D eigenvalue weighted by Gasteiger charge is -2.09. The minimum Gasteiger partial charge on any atom is -0.345 e. The van der Waals surface area contributed by atoms with Gasteiger partial charge in [0.25, 0.3) is 11.8 Å². The summed E-state index contributed by atoms with van der Waals surface area (Å²) in [6.07, 6.45) is 0. The van der Waals surface area contributed by atoms with Crippen LogP contribution < -0.4 is 10.6 Å². The second-order valence-corrected chi connectivity index (χ2v) is 7.76. The number of carbonyl (C=O) groups is 4. The highest BCUT2D eigenvalue weighted by molar-refractivity contribution is 5.98. The van der Waals surface area contributed by atoms with Gasteiger partial charge in [-0.3, -0.25) is 19.2 Å². The van der Waals surface area contributed by atoms with Crippen molar-refractivity contribution in [1.29, 1.82) is 0 Å². The maximum Gasteiger partial charge on any atom is 0.251 e. The predicted molar refractivity (Wildman–Crippen MR) is 116 cm³/mol. The van der Waals surface area contributed by atoms with Gasteiger partial charge < -0.3 is 10.6 Å². The fourth-order valence-corrected chi connectivity index (χ4v) is 2.58. The summed E-state index contributed by atoms with van der Waals surface area (Å²) in [5.74, 6) is -0.853. The molecule has 0 atom stereocenters. The average Bonchev–Trinajstić information content (AvgIpc) is 2.75. The lowest BCUT2D eigenvalue weighted by atomic mass is 10.0. The van der Waals surface area contributed by atoms with Crippen LogP contribution in [0.3, 0.4) is 0 Å². The van der Waals surface area contributed by atoms with Crippen LogP contribution in [0.25, 0.3) is 11.1 Å². The molecule has 0 fully saturated rings. The largest absolute Gasteiger partial charge is 0.345 e. The molecule has 0 aliphatic heterocycles. The SMILES string of the molecule is CC(C)C(=O)CNC(=O)c1ccc(-c2ccc(C(=O)NCC(=O)C(C)C)cc2)cc1. The molecule has 0 aliphatic rings. The minimum absolute atomic E-state index is 0.0160. The molecule has 2 N–H and O–H groups in total. The zero-order chi connectivity index (χ0) is 22.3. The molecule has 0 bridgehead atoms. The average molecular weight is 408 g/mol. The minimum atomic E-state index is -0.293. The third kappa shape index (κ3) is 6.37. The summed E-state index contributed by atoms with van der Waals surface area (Å²) in [5, 5.41) is 5.26. The van der Waals surface area contributed by atoms with Crippen LogP contribution in [0, 0.1) is 11.8 Å². The summed E-state index contributed by atoms with van der Waals surface area (Å²) in [6, 6.07) is 14.0. The summed E-state index contributed by atoms with van der Waals surface area (Å²) in [6.45, 7) is 7.22. The number of amides is 2. The second-order valence-electron chi connectivity index (χ2n) is 7.76. The predicted octanol–water partition coefficient (Wildman–Crippen LogP) is 3.26. The third-order valence-corrected chi connectivity index (χ3v) is 4.76. The second kappa shape index (κ2) is 10.5. The lowest BCUT2D eigenvalue weighted by molar-refractivity contribution is -0.121. The van der Waals surface area contributed by atoms with Gasteiger partial charge in [-0.15, -0.1) is 0 Å². The molecule has 2 amide bonds. The van der Waals surface area contributed by atoms with E-state index < -0.39 is 0 Å². The highest BCUT2D eigenvalue weighted by Gasteiger charge is 2.12. The topological polar surface area (TPSA) is 92.3 Å². The van der Waals surface area contributed by atoms with Crippen LogP contribution in [0.15, 0.2) is 48.5 Å². The molecule has 6 heteroatoms. The maximum absolute atomic E-state index is 12.2. The molecule has 2 rings (SSSR count). The van der Waals surface area contributed by atoms with Crippen LogP contribution in [-0.2, 0) is 9.59 Å². The summed E-state index contributed by atoms with van der Waals surface area (Å²) < 4.78 is 0. The molecule has 0 radical (unpaired) electrons. The quantitative estimate of drug-likeness (QED) is 0.666. The van der Waals surface area contributed by atoms with Crippen LogP contribution >= 0.6 is 0 Å². The van der Waals surface area contributed by atoms with Gasteiger partial charge in [0.05, 0.1) is 13.1 Å². The van der Waals surface area contributed by atoms with Crippen LogP contribution in [0.1, 0.15) is 48.4 Å². The first-order valence-electron chi connectivity index (χ1n) is 10.0. The Hall–Kier alpha value is -3.28. The number of Topliss-reactive ketones (excluding diaryl/α,β-unsaturated/α-hetero) is 2. The summed E-state index contributed by atoms with van der Waals surface area (Å²) in [4.78, 5) is 47.6. The van der Waals surface area contributed by atoms with Gasteiger partial charge in [0, 0.05) is 23.0 Å². The molecular weight excluding hydrogens is 380 g/mol. The molecule has 158 valence electrons. The Kier molecular flexibility index (Phi) is 8.04. The monoisotopic (exact) mass is 408 g/mol. The number of carbonyl (C=O) groups excluding carboxylic acids is 4. The molecule has 0 saturated carbocycles. The standard InChI is InChI=1S/C24H28N2O4/c1-15(2)21(27)13-25-23(29)19-9-5-17(6-10-19)18-7-11-20(12-8-18)24(30)26-14-22(28)16(3)4/h5-12,15-16H,13-14H2,1-4H3,(H,25,29)(H,26,30). The number of rotatable bonds is 9. The Morgan fingerprint density at radius 1 is 0.600 bits per heavy atom. The zero-order valence-electron chi connectivity index (χ0n) is 17.8. The first-order valence-corrected chi connectivity index (χ1v) is 10.0. The van der Waals surface area contributed by atoms with Crippen molar-refractivity contribution in [2.45, 2.75) is 27.7 Å². The molecular formula is C24H28N2O4. The van der Waals surface area contributed by atoms with Crippen molar-refractivity contribution in [3.8, 4) is 11.1 Å². The molecule has 2 aromatic carbocycles. The fourth-order valence-electron chi connectivity index (χ4n) is 2.58.